The molecule has 3 nitrogen and oxygen atoms in total. The molecule has 0 atom stereocenters. The monoisotopic (exact) mass is 273 g/mol. The Morgan fingerprint density at radius 2 is 1.84 bits per heavy atom. The zero-order chi connectivity index (χ0) is 13.7. The van der Waals surface area contributed by atoms with Crippen LogP contribution in [0, 0.1) is 13.8 Å². The van der Waals surface area contributed by atoms with Crippen molar-refractivity contribution in [3.8, 4) is 0 Å². The van der Waals surface area contributed by atoms with Crippen molar-refractivity contribution in [1.82, 2.24) is 9.97 Å². The molecule has 0 amide bonds. The lowest BCUT2D eigenvalue weighted by Crippen LogP contribution is -2.05. The fraction of sp³-hybridized carbons (Fsp3) is 0.333. The van der Waals surface area contributed by atoms with Gasteiger partial charge in [-0.3, -0.25) is 0 Å². The van der Waals surface area contributed by atoms with Gasteiger partial charge < -0.3 is 5.32 Å². The predicted octanol–water partition coefficient (Wildman–Crippen LogP) is 3.82. The second kappa shape index (κ2) is 6.57. The molecule has 0 aliphatic rings. The first-order valence-electron chi connectivity index (χ1n) is 6.46. The van der Waals surface area contributed by atoms with E-state index in [1.54, 1.807) is 11.8 Å². The van der Waals surface area contributed by atoms with Crippen molar-refractivity contribution in [2.45, 2.75) is 31.6 Å². The molecule has 0 radical (unpaired) electrons. The van der Waals surface area contributed by atoms with Gasteiger partial charge in [0, 0.05) is 17.9 Å². The Morgan fingerprint density at radius 3 is 2.53 bits per heavy atom. The van der Waals surface area contributed by atoms with Gasteiger partial charge in [0.2, 0.25) is 0 Å². The van der Waals surface area contributed by atoms with E-state index in [2.05, 4.69) is 53.4 Å². The zero-order valence-electron chi connectivity index (χ0n) is 11.6. The second-order valence-electron chi connectivity index (χ2n) is 4.35. The number of nitrogens with one attached hydrogen (secondary N) is 1. The van der Waals surface area contributed by atoms with Crippen LogP contribution in [-0.2, 0) is 5.75 Å². The average molecular weight is 273 g/mol. The Kier molecular flexibility index (Phi) is 4.80. The summed E-state index contributed by atoms with van der Waals surface area (Å²) >= 11 is 1.76. The minimum atomic E-state index is 0.817. The molecule has 2 aromatic rings. The van der Waals surface area contributed by atoms with E-state index >= 15 is 0 Å². The molecule has 0 fully saturated rings. The number of anilines is 1. The van der Waals surface area contributed by atoms with Crippen molar-refractivity contribution in [2.24, 2.45) is 0 Å². The molecule has 19 heavy (non-hydrogen) atoms. The highest BCUT2D eigenvalue weighted by atomic mass is 32.2. The maximum atomic E-state index is 4.54. The highest BCUT2D eigenvalue weighted by molar-refractivity contribution is 7.98. The van der Waals surface area contributed by atoms with Gasteiger partial charge in [-0.15, -0.1) is 11.8 Å². The number of rotatable bonds is 5. The van der Waals surface area contributed by atoms with Crippen molar-refractivity contribution >= 4 is 17.6 Å². The first-order chi connectivity index (χ1) is 9.20. The normalized spacial score (nSPS) is 10.5. The maximum absolute atomic E-state index is 4.54. The van der Waals surface area contributed by atoms with E-state index in [1.165, 1.54) is 5.56 Å². The summed E-state index contributed by atoms with van der Waals surface area (Å²) < 4.78 is 0. The van der Waals surface area contributed by atoms with Crippen molar-refractivity contribution in [3.63, 3.8) is 0 Å². The van der Waals surface area contributed by atoms with E-state index in [9.17, 15) is 0 Å². The van der Waals surface area contributed by atoms with Crippen LogP contribution in [0.2, 0.25) is 0 Å². The summed E-state index contributed by atoms with van der Waals surface area (Å²) in [5.74, 6) is 2.70. The molecule has 0 aliphatic heterocycles. The third-order valence-corrected chi connectivity index (χ3v) is 3.92. The number of aromatic nitrogens is 2. The van der Waals surface area contributed by atoms with Gasteiger partial charge in [-0.1, -0.05) is 30.3 Å². The van der Waals surface area contributed by atoms with Crippen molar-refractivity contribution in [1.29, 1.82) is 0 Å². The molecule has 0 aliphatic carbocycles. The Bertz CT molecular complexity index is 541. The summed E-state index contributed by atoms with van der Waals surface area (Å²) in [4.78, 5) is 8.99. The Hall–Kier alpha value is -1.55. The SMILES string of the molecule is CCNc1nc(C)nc(SCc2ccccc2)c1C. The lowest BCUT2D eigenvalue weighted by molar-refractivity contribution is 0.932. The maximum Gasteiger partial charge on any atom is 0.133 e. The highest BCUT2D eigenvalue weighted by Gasteiger charge is 2.09. The molecule has 1 aromatic carbocycles. The summed E-state index contributed by atoms with van der Waals surface area (Å²) in [6.45, 7) is 6.96. The van der Waals surface area contributed by atoms with Gasteiger partial charge in [0.1, 0.15) is 16.7 Å². The van der Waals surface area contributed by atoms with Crippen LogP contribution in [0.15, 0.2) is 35.4 Å². The lowest BCUT2D eigenvalue weighted by Gasteiger charge is -2.11. The molecule has 0 bridgehead atoms. The molecule has 0 saturated heterocycles. The third kappa shape index (κ3) is 3.70. The topological polar surface area (TPSA) is 37.8 Å². The van der Waals surface area contributed by atoms with E-state index in [1.807, 2.05) is 13.0 Å². The number of aryl methyl sites for hydroxylation is 1. The van der Waals surface area contributed by atoms with Crippen LogP contribution in [0.5, 0.6) is 0 Å². The summed E-state index contributed by atoms with van der Waals surface area (Å²) in [5.41, 5.74) is 2.45. The van der Waals surface area contributed by atoms with Crippen LogP contribution in [-0.4, -0.2) is 16.5 Å². The van der Waals surface area contributed by atoms with Gasteiger partial charge in [-0.2, -0.15) is 0 Å². The van der Waals surface area contributed by atoms with Gasteiger partial charge in [0.05, 0.1) is 0 Å². The zero-order valence-corrected chi connectivity index (χ0v) is 12.4. The Balaban J connectivity index is 2.16. The third-order valence-electron chi connectivity index (χ3n) is 2.78. The average Bonchev–Trinajstić information content (AvgIpc) is 2.42. The summed E-state index contributed by atoms with van der Waals surface area (Å²) in [6.07, 6.45) is 0. The first-order valence-corrected chi connectivity index (χ1v) is 7.45. The smallest absolute Gasteiger partial charge is 0.133 e. The molecule has 1 aromatic heterocycles. The molecule has 100 valence electrons. The Morgan fingerprint density at radius 1 is 1.11 bits per heavy atom. The van der Waals surface area contributed by atoms with Gasteiger partial charge in [-0.05, 0) is 26.3 Å². The van der Waals surface area contributed by atoms with Gasteiger partial charge in [-0.25, -0.2) is 9.97 Å². The molecular formula is C15H19N3S. The van der Waals surface area contributed by atoms with Gasteiger partial charge in [0.25, 0.3) is 0 Å². The van der Waals surface area contributed by atoms with Crippen LogP contribution >= 0.6 is 11.8 Å². The van der Waals surface area contributed by atoms with E-state index in [-0.39, 0.29) is 0 Å². The lowest BCUT2D eigenvalue weighted by atomic mass is 10.2. The minimum Gasteiger partial charge on any atom is -0.370 e. The summed E-state index contributed by atoms with van der Waals surface area (Å²) in [5, 5.41) is 4.35. The van der Waals surface area contributed by atoms with Gasteiger partial charge >= 0.3 is 0 Å². The van der Waals surface area contributed by atoms with E-state index < -0.39 is 0 Å². The van der Waals surface area contributed by atoms with Crippen LogP contribution in [0.3, 0.4) is 0 Å². The van der Waals surface area contributed by atoms with Crippen LogP contribution in [0.1, 0.15) is 23.9 Å². The van der Waals surface area contributed by atoms with E-state index in [0.29, 0.717) is 0 Å². The highest BCUT2D eigenvalue weighted by Crippen LogP contribution is 2.27. The fourth-order valence-corrected chi connectivity index (χ4v) is 2.81. The standard InChI is InChI=1S/C15H19N3S/c1-4-16-14-11(2)15(18-12(3)17-14)19-10-13-8-6-5-7-9-13/h5-9H,4,10H2,1-3H3,(H,16,17,18). The van der Waals surface area contributed by atoms with Crippen LogP contribution in [0.4, 0.5) is 5.82 Å². The minimum absolute atomic E-state index is 0.817. The summed E-state index contributed by atoms with van der Waals surface area (Å²) in [6, 6.07) is 10.5. The largest absolute Gasteiger partial charge is 0.370 e. The number of thioether (sulfide) groups is 1. The van der Waals surface area contributed by atoms with E-state index in [4.69, 9.17) is 0 Å². The van der Waals surface area contributed by atoms with Crippen LogP contribution in [0.25, 0.3) is 0 Å². The number of hydrogen-bond donors (Lipinski definition) is 1. The fourth-order valence-electron chi connectivity index (χ4n) is 1.81. The number of benzene rings is 1. The molecule has 0 saturated carbocycles. The number of nitrogens with zero attached hydrogens (tertiary/aromatic N) is 2. The molecule has 4 heteroatoms. The molecule has 0 unspecified atom stereocenters. The Labute approximate surface area is 118 Å². The molecule has 1 heterocycles. The van der Waals surface area contributed by atoms with Crippen molar-refractivity contribution in [3.05, 3.63) is 47.3 Å². The quantitative estimate of drug-likeness (QED) is 0.664. The molecule has 2 rings (SSSR count). The first kappa shape index (κ1) is 13.9. The molecule has 0 spiro atoms. The second-order valence-corrected chi connectivity index (χ2v) is 5.32. The predicted molar refractivity (Wildman–Crippen MR) is 81.7 cm³/mol. The summed E-state index contributed by atoms with van der Waals surface area (Å²) in [7, 11) is 0. The van der Waals surface area contributed by atoms with Gasteiger partial charge in [0.15, 0.2) is 0 Å². The van der Waals surface area contributed by atoms with E-state index in [0.717, 1.165) is 34.5 Å². The van der Waals surface area contributed by atoms with Crippen molar-refractivity contribution in [2.75, 3.05) is 11.9 Å². The van der Waals surface area contributed by atoms with Crippen molar-refractivity contribution < 1.29 is 0 Å². The molecular weight excluding hydrogens is 254 g/mol. The number of hydrogen-bond acceptors (Lipinski definition) is 4. The molecule has 1 N–H and O–H groups in total. The van der Waals surface area contributed by atoms with Crippen LogP contribution < -0.4 is 5.32 Å².